The number of carboxylic acids is 1. The minimum atomic E-state index is -3.99. The van der Waals surface area contributed by atoms with Gasteiger partial charge >= 0.3 is 5.97 Å². The van der Waals surface area contributed by atoms with E-state index in [1.54, 1.807) is 0 Å². The Morgan fingerprint density at radius 2 is 2.12 bits per heavy atom. The third-order valence-corrected chi connectivity index (χ3v) is 5.01. The van der Waals surface area contributed by atoms with E-state index in [1.807, 2.05) is 4.72 Å². The van der Waals surface area contributed by atoms with Crippen LogP contribution >= 0.6 is 22.9 Å². The number of carboxylic acid groups (broad SMARTS) is 1. The maximum Gasteiger partial charge on any atom is 0.324 e. The molecule has 0 aromatic carbocycles. The molecule has 0 bridgehead atoms. The number of carbonyl (C=O) groups is 1. The Labute approximate surface area is 107 Å². The summed E-state index contributed by atoms with van der Waals surface area (Å²) in [6.45, 7) is 1.18. The fourth-order valence-electron chi connectivity index (χ4n) is 1.02. The van der Waals surface area contributed by atoms with Gasteiger partial charge in [0.05, 0.1) is 10.4 Å². The summed E-state index contributed by atoms with van der Waals surface area (Å²) in [7, 11) is -3.99. The molecule has 3 N–H and O–H groups in total. The molecular formula is C8H10ClNO5S2. The molecule has 2 atom stereocenters. The summed E-state index contributed by atoms with van der Waals surface area (Å²) in [5.74, 6) is -1.45. The molecule has 0 aliphatic carbocycles. The van der Waals surface area contributed by atoms with E-state index in [0.717, 1.165) is 11.3 Å². The molecule has 6 nitrogen and oxygen atoms in total. The van der Waals surface area contributed by atoms with Gasteiger partial charge in [-0.3, -0.25) is 4.79 Å². The Morgan fingerprint density at radius 1 is 1.53 bits per heavy atom. The number of thiophene rings is 1. The Kier molecular flexibility index (Phi) is 4.50. The van der Waals surface area contributed by atoms with Gasteiger partial charge in [-0.05, 0) is 19.1 Å². The van der Waals surface area contributed by atoms with Crippen LogP contribution in [-0.2, 0) is 14.8 Å². The van der Waals surface area contributed by atoms with Crippen LogP contribution in [0.15, 0.2) is 16.3 Å². The second-order valence-corrected chi connectivity index (χ2v) is 6.89. The molecule has 0 amide bonds. The van der Waals surface area contributed by atoms with Gasteiger partial charge in [-0.1, -0.05) is 11.6 Å². The van der Waals surface area contributed by atoms with Crippen molar-refractivity contribution in [2.75, 3.05) is 0 Å². The largest absolute Gasteiger partial charge is 0.480 e. The van der Waals surface area contributed by atoms with Crippen molar-refractivity contribution in [3.05, 3.63) is 16.5 Å². The first kappa shape index (κ1) is 14.4. The Morgan fingerprint density at radius 3 is 2.47 bits per heavy atom. The third kappa shape index (κ3) is 3.65. The third-order valence-electron chi connectivity index (χ3n) is 1.84. The number of hydrogen-bond acceptors (Lipinski definition) is 5. The van der Waals surface area contributed by atoms with Crippen molar-refractivity contribution in [2.24, 2.45) is 0 Å². The first-order chi connectivity index (χ1) is 7.74. The topological polar surface area (TPSA) is 104 Å². The minimum absolute atomic E-state index is 0.102. The Hall–Kier alpha value is -0.670. The highest BCUT2D eigenvalue weighted by molar-refractivity contribution is 7.91. The van der Waals surface area contributed by atoms with Gasteiger partial charge in [0.2, 0.25) is 0 Å². The summed E-state index contributed by atoms with van der Waals surface area (Å²) in [6.07, 6.45) is -1.35. The predicted octanol–water partition coefficient (Wildman–Crippen LogP) is 0.514. The predicted molar refractivity (Wildman–Crippen MR) is 62.8 cm³/mol. The van der Waals surface area contributed by atoms with Crippen molar-refractivity contribution in [3.8, 4) is 0 Å². The second-order valence-electron chi connectivity index (χ2n) is 3.24. The summed E-state index contributed by atoms with van der Waals surface area (Å²) in [5, 5.41) is 17.9. The molecule has 9 heteroatoms. The molecule has 0 aliphatic rings. The van der Waals surface area contributed by atoms with Crippen LogP contribution in [0, 0.1) is 0 Å². The average Bonchev–Trinajstić information content (AvgIpc) is 2.61. The van der Waals surface area contributed by atoms with Gasteiger partial charge in [-0.2, -0.15) is 4.72 Å². The molecule has 96 valence electrons. The highest BCUT2D eigenvalue weighted by Crippen LogP contribution is 2.25. The van der Waals surface area contributed by atoms with E-state index in [-0.39, 0.29) is 8.55 Å². The molecule has 1 aromatic rings. The number of sulfonamides is 1. The first-order valence-corrected chi connectivity index (χ1v) is 7.10. The molecule has 2 unspecified atom stereocenters. The van der Waals surface area contributed by atoms with E-state index in [1.165, 1.54) is 19.1 Å². The van der Waals surface area contributed by atoms with E-state index in [9.17, 15) is 13.2 Å². The van der Waals surface area contributed by atoms with Gasteiger partial charge in [0.15, 0.2) is 0 Å². The molecule has 0 saturated carbocycles. The van der Waals surface area contributed by atoms with Crippen LogP contribution < -0.4 is 4.72 Å². The fourth-order valence-corrected chi connectivity index (χ4v) is 3.78. The summed E-state index contributed by atoms with van der Waals surface area (Å²) >= 11 is 6.39. The second kappa shape index (κ2) is 5.32. The Balaban J connectivity index is 2.97. The smallest absolute Gasteiger partial charge is 0.324 e. The van der Waals surface area contributed by atoms with Crippen LogP contribution in [0.5, 0.6) is 0 Å². The van der Waals surface area contributed by atoms with Crippen molar-refractivity contribution in [1.82, 2.24) is 4.72 Å². The molecule has 0 radical (unpaired) electrons. The van der Waals surface area contributed by atoms with E-state index in [2.05, 4.69) is 0 Å². The molecule has 17 heavy (non-hydrogen) atoms. The lowest BCUT2D eigenvalue weighted by atomic mass is 10.2. The normalized spacial score (nSPS) is 15.5. The fraction of sp³-hybridized carbons (Fsp3) is 0.375. The zero-order valence-corrected chi connectivity index (χ0v) is 11.0. The summed E-state index contributed by atoms with van der Waals surface area (Å²) in [6, 6.07) is 1.05. The minimum Gasteiger partial charge on any atom is -0.480 e. The molecular weight excluding hydrogens is 290 g/mol. The van der Waals surface area contributed by atoms with E-state index < -0.39 is 28.1 Å². The van der Waals surface area contributed by atoms with E-state index in [4.69, 9.17) is 21.8 Å². The van der Waals surface area contributed by atoms with Crippen LogP contribution in [0.2, 0.25) is 4.34 Å². The lowest BCUT2D eigenvalue weighted by Gasteiger charge is -2.16. The van der Waals surface area contributed by atoms with Crippen molar-refractivity contribution >= 4 is 38.9 Å². The zero-order valence-electron chi connectivity index (χ0n) is 8.62. The number of rotatable bonds is 5. The monoisotopic (exact) mass is 299 g/mol. The number of nitrogens with one attached hydrogen (secondary N) is 1. The van der Waals surface area contributed by atoms with Crippen molar-refractivity contribution < 1.29 is 23.4 Å². The average molecular weight is 300 g/mol. The van der Waals surface area contributed by atoms with Crippen molar-refractivity contribution in [3.63, 3.8) is 0 Å². The van der Waals surface area contributed by atoms with Gasteiger partial charge < -0.3 is 10.2 Å². The lowest BCUT2D eigenvalue weighted by Crippen LogP contribution is -2.47. The van der Waals surface area contributed by atoms with Crippen LogP contribution in [-0.4, -0.2) is 36.7 Å². The molecule has 1 rings (SSSR count). The highest BCUT2D eigenvalue weighted by Gasteiger charge is 2.29. The molecule has 0 spiro atoms. The van der Waals surface area contributed by atoms with E-state index in [0.29, 0.717) is 0 Å². The highest BCUT2D eigenvalue weighted by atomic mass is 35.5. The number of aliphatic hydroxyl groups is 1. The maximum absolute atomic E-state index is 11.7. The zero-order chi connectivity index (χ0) is 13.2. The van der Waals surface area contributed by atoms with Crippen LogP contribution in [0.3, 0.4) is 0 Å². The van der Waals surface area contributed by atoms with Gasteiger partial charge in [-0.15, -0.1) is 11.3 Å². The van der Waals surface area contributed by atoms with Crippen molar-refractivity contribution in [1.29, 1.82) is 0 Å². The maximum atomic E-state index is 11.7. The molecule has 1 heterocycles. The number of aliphatic carboxylic acids is 1. The van der Waals surface area contributed by atoms with Crippen molar-refractivity contribution in [2.45, 2.75) is 23.3 Å². The van der Waals surface area contributed by atoms with Crippen LogP contribution in [0.4, 0.5) is 0 Å². The quantitative estimate of drug-likeness (QED) is 0.735. The van der Waals surface area contributed by atoms with E-state index >= 15 is 0 Å². The summed E-state index contributed by atoms with van der Waals surface area (Å²) < 4.78 is 25.5. The summed E-state index contributed by atoms with van der Waals surface area (Å²) in [4.78, 5) is 10.7. The number of aliphatic hydroxyl groups excluding tert-OH is 1. The summed E-state index contributed by atoms with van der Waals surface area (Å²) in [5.41, 5.74) is 0. The van der Waals surface area contributed by atoms with Crippen LogP contribution in [0.25, 0.3) is 0 Å². The lowest BCUT2D eigenvalue weighted by molar-refractivity contribution is -0.141. The number of hydrogen-bond donors (Lipinski definition) is 3. The van der Waals surface area contributed by atoms with Gasteiger partial charge in [0.1, 0.15) is 10.3 Å². The molecule has 0 fully saturated rings. The Bertz CT molecular complexity index is 510. The van der Waals surface area contributed by atoms with Gasteiger partial charge in [0.25, 0.3) is 10.0 Å². The SMILES string of the molecule is CC(O)C(NS(=O)(=O)c1ccc(Cl)s1)C(=O)O. The van der Waals surface area contributed by atoms with Gasteiger partial charge in [0, 0.05) is 0 Å². The molecule has 1 aromatic heterocycles. The van der Waals surface area contributed by atoms with Crippen LogP contribution in [0.1, 0.15) is 6.92 Å². The first-order valence-electron chi connectivity index (χ1n) is 4.42. The molecule has 0 saturated heterocycles. The number of halogens is 1. The van der Waals surface area contributed by atoms with Gasteiger partial charge in [-0.25, -0.2) is 8.42 Å². The molecule has 0 aliphatic heterocycles. The standard InChI is InChI=1S/C8H10ClNO5S2/c1-4(11)7(8(12)13)10-17(14,15)6-3-2-5(9)16-6/h2-4,7,10-11H,1H3,(H,12,13).